The van der Waals surface area contributed by atoms with Gasteiger partial charge in [-0.2, -0.15) is 5.10 Å². The van der Waals surface area contributed by atoms with Gasteiger partial charge in [0.05, 0.1) is 29.4 Å². The fourth-order valence-electron chi connectivity index (χ4n) is 3.68. The maximum Gasteiger partial charge on any atom is 0.264 e. The van der Waals surface area contributed by atoms with Crippen LogP contribution in [0.5, 0.6) is 5.75 Å². The number of aromatic nitrogens is 1. The minimum Gasteiger partial charge on any atom is -0.497 e. The Hall–Kier alpha value is -3.39. The Morgan fingerprint density at radius 2 is 1.97 bits per heavy atom. The Balaban J connectivity index is 1.59. The number of benzene rings is 1. The van der Waals surface area contributed by atoms with Gasteiger partial charge in [-0.3, -0.25) is 9.59 Å². The van der Waals surface area contributed by atoms with E-state index in [1.54, 1.807) is 20.2 Å². The molecule has 1 aromatic carbocycles. The van der Waals surface area contributed by atoms with Gasteiger partial charge in [0.2, 0.25) is 0 Å². The number of thiophene rings is 1. The number of amides is 2. The first kappa shape index (κ1) is 20.9. The predicted octanol–water partition coefficient (Wildman–Crippen LogP) is 3.55. The molecular weight excluding hydrogens is 412 g/mol. The molecule has 31 heavy (non-hydrogen) atoms. The van der Waals surface area contributed by atoms with E-state index in [0.717, 1.165) is 22.7 Å². The molecular formula is C23H24N4O3S. The second kappa shape index (κ2) is 8.77. The number of rotatable bonds is 6. The van der Waals surface area contributed by atoms with Gasteiger partial charge in [0.25, 0.3) is 11.8 Å². The maximum absolute atomic E-state index is 13.2. The van der Waals surface area contributed by atoms with Crippen molar-refractivity contribution in [1.82, 2.24) is 14.5 Å². The molecule has 160 valence electrons. The van der Waals surface area contributed by atoms with Gasteiger partial charge in [-0.15, -0.1) is 11.3 Å². The predicted molar refractivity (Wildman–Crippen MR) is 120 cm³/mol. The minimum atomic E-state index is -0.242. The molecule has 2 aromatic heterocycles. The number of carbonyl (C=O) groups excluding carboxylic acids is 2. The quantitative estimate of drug-likeness (QED) is 0.594. The average Bonchev–Trinajstić information content (AvgIpc) is 3.53. The lowest BCUT2D eigenvalue weighted by Crippen LogP contribution is -2.39. The monoisotopic (exact) mass is 436 g/mol. The Bertz CT molecular complexity index is 1100. The minimum absolute atomic E-state index is 0.0483. The van der Waals surface area contributed by atoms with Crippen molar-refractivity contribution in [2.24, 2.45) is 12.1 Å². The standard InChI is InChI=1S/C23H24N4O3S/c1-25-12-4-6-19(25)18-14-20(16-8-10-17(30-3)11-9-16)27(24-18)22(28)15-26(2)23(29)21-7-5-13-31-21/h4-13,20H,14-15H2,1-3H3. The van der Waals surface area contributed by atoms with E-state index in [1.165, 1.54) is 21.2 Å². The molecule has 0 bridgehead atoms. The number of hydrogen-bond donors (Lipinski definition) is 0. The van der Waals surface area contributed by atoms with Crippen LogP contribution in [-0.4, -0.2) is 52.7 Å². The van der Waals surface area contributed by atoms with Crippen LogP contribution in [0.25, 0.3) is 0 Å². The largest absolute Gasteiger partial charge is 0.497 e. The fourth-order valence-corrected chi connectivity index (χ4v) is 4.39. The summed E-state index contributed by atoms with van der Waals surface area (Å²) in [5, 5.41) is 8.04. The van der Waals surface area contributed by atoms with Crippen LogP contribution in [0.2, 0.25) is 0 Å². The highest BCUT2D eigenvalue weighted by atomic mass is 32.1. The van der Waals surface area contributed by atoms with Crippen LogP contribution in [-0.2, 0) is 11.8 Å². The van der Waals surface area contributed by atoms with E-state index < -0.39 is 0 Å². The van der Waals surface area contributed by atoms with Crippen molar-refractivity contribution >= 4 is 28.9 Å². The summed E-state index contributed by atoms with van der Waals surface area (Å²) < 4.78 is 7.25. The molecule has 4 rings (SSSR count). The summed E-state index contributed by atoms with van der Waals surface area (Å²) in [7, 11) is 5.22. The number of ether oxygens (including phenoxy) is 1. The summed E-state index contributed by atoms with van der Waals surface area (Å²) >= 11 is 1.36. The van der Waals surface area contributed by atoms with Crippen LogP contribution in [0.3, 0.4) is 0 Å². The third-order valence-electron chi connectivity index (χ3n) is 5.36. The molecule has 0 spiro atoms. The Morgan fingerprint density at radius 3 is 2.58 bits per heavy atom. The molecule has 1 aliphatic heterocycles. The van der Waals surface area contributed by atoms with E-state index in [2.05, 4.69) is 5.10 Å². The van der Waals surface area contributed by atoms with Gasteiger partial charge in [-0.1, -0.05) is 18.2 Å². The lowest BCUT2D eigenvalue weighted by Gasteiger charge is -2.24. The highest BCUT2D eigenvalue weighted by Crippen LogP contribution is 2.33. The lowest BCUT2D eigenvalue weighted by atomic mass is 10.0. The molecule has 0 radical (unpaired) electrons. The number of likely N-dealkylation sites (N-methyl/N-ethyl adjacent to an activating group) is 1. The van der Waals surface area contributed by atoms with Crippen molar-refractivity contribution in [1.29, 1.82) is 0 Å². The summed E-state index contributed by atoms with van der Waals surface area (Å²) in [5.41, 5.74) is 2.78. The number of hydrazone groups is 1. The Labute approximate surface area is 185 Å². The van der Waals surface area contributed by atoms with Crippen molar-refractivity contribution in [2.45, 2.75) is 12.5 Å². The van der Waals surface area contributed by atoms with E-state index >= 15 is 0 Å². The number of nitrogens with zero attached hydrogens (tertiary/aromatic N) is 4. The molecule has 8 heteroatoms. The molecule has 3 heterocycles. The van der Waals surface area contributed by atoms with Crippen molar-refractivity contribution in [2.75, 3.05) is 20.7 Å². The first-order valence-electron chi connectivity index (χ1n) is 9.92. The molecule has 3 aromatic rings. The van der Waals surface area contributed by atoms with Gasteiger partial charge in [0.1, 0.15) is 12.3 Å². The second-order valence-corrected chi connectivity index (χ2v) is 8.37. The molecule has 7 nitrogen and oxygen atoms in total. The van der Waals surface area contributed by atoms with Gasteiger partial charge < -0.3 is 14.2 Å². The van der Waals surface area contributed by atoms with E-state index in [9.17, 15) is 9.59 Å². The van der Waals surface area contributed by atoms with Gasteiger partial charge in [0.15, 0.2) is 0 Å². The van der Waals surface area contributed by atoms with Crippen LogP contribution in [0.15, 0.2) is 65.2 Å². The topological polar surface area (TPSA) is 67.1 Å². The first-order chi connectivity index (χ1) is 15.0. The normalized spacial score (nSPS) is 15.6. The molecule has 1 atom stereocenters. The average molecular weight is 437 g/mol. The molecule has 1 aliphatic rings. The summed E-state index contributed by atoms with van der Waals surface area (Å²) in [6.45, 7) is -0.0483. The lowest BCUT2D eigenvalue weighted by molar-refractivity contribution is -0.133. The number of aryl methyl sites for hydroxylation is 1. The smallest absolute Gasteiger partial charge is 0.264 e. The zero-order valence-electron chi connectivity index (χ0n) is 17.7. The van der Waals surface area contributed by atoms with E-state index in [-0.39, 0.29) is 24.4 Å². The fraction of sp³-hybridized carbons (Fsp3) is 0.261. The van der Waals surface area contributed by atoms with Crippen LogP contribution in [0.4, 0.5) is 0 Å². The van der Waals surface area contributed by atoms with Crippen LogP contribution < -0.4 is 4.74 Å². The molecule has 1 unspecified atom stereocenters. The van der Waals surface area contributed by atoms with Crippen molar-refractivity contribution in [3.05, 3.63) is 76.2 Å². The Morgan fingerprint density at radius 1 is 1.19 bits per heavy atom. The van der Waals surface area contributed by atoms with Crippen LogP contribution in [0.1, 0.15) is 33.4 Å². The summed E-state index contributed by atoms with van der Waals surface area (Å²) in [6.07, 6.45) is 2.55. The van der Waals surface area contributed by atoms with E-state index in [0.29, 0.717) is 11.3 Å². The molecule has 0 saturated heterocycles. The van der Waals surface area contributed by atoms with Gasteiger partial charge in [0, 0.05) is 26.7 Å². The number of carbonyl (C=O) groups is 2. The summed E-state index contributed by atoms with van der Waals surface area (Å²) in [4.78, 5) is 27.9. The van der Waals surface area contributed by atoms with E-state index in [4.69, 9.17) is 4.74 Å². The SMILES string of the molecule is COc1ccc(C2CC(c3cccn3C)=NN2C(=O)CN(C)C(=O)c2cccs2)cc1. The number of hydrogen-bond acceptors (Lipinski definition) is 5. The molecule has 2 amide bonds. The maximum atomic E-state index is 13.2. The van der Waals surface area contributed by atoms with Crippen LogP contribution in [0, 0.1) is 0 Å². The number of methoxy groups -OCH3 is 1. The second-order valence-electron chi connectivity index (χ2n) is 7.42. The summed E-state index contributed by atoms with van der Waals surface area (Å²) in [6, 6.07) is 15.0. The van der Waals surface area contributed by atoms with Crippen molar-refractivity contribution in [3.8, 4) is 5.75 Å². The van der Waals surface area contributed by atoms with Gasteiger partial charge in [-0.05, 0) is 41.3 Å². The zero-order chi connectivity index (χ0) is 22.0. The molecule has 0 saturated carbocycles. The summed E-state index contributed by atoms with van der Waals surface area (Å²) in [5.74, 6) is 0.358. The third kappa shape index (κ3) is 4.25. The zero-order valence-corrected chi connectivity index (χ0v) is 18.5. The van der Waals surface area contributed by atoms with Crippen LogP contribution >= 0.6 is 11.3 Å². The highest BCUT2D eigenvalue weighted by Gasteiger charge is 2.34. The van der Waals surface area contributed by atoms with Gasteiger partial charge >= 0.3 is 0 Å². The first-order valence-corrected chi connectivity index (χ1v) is 10.8. The molecule has 0 aliphatic carbocycles. The third-order valence-corrected chi connectivity index (χ3v) is 6.21. The molecule has 0 fully saturated rings. The highest BCUT2D eigenvalue weighted by molar-refractivity contribution is 7.12. The van der Waals surface area contributed by atoms with Gasteiger partial charge in [-0.25, -0.2) is 5.01 Å². The molecule has 0 N–H and O–H groups in total. The van der Waals surface area contributed by atoms with Crippen molar-refractivity contribution in [3.63, 3.8) is 0 Å². The van der Waals surface area contributed by atoms with E-state index in [1.807, 2.05) is 65.7 Å². The van der Waals surface area contributed by atoms with Crippen molar-refractivity contribution < 1.29 is 14.3 Å². The Kier molecular flexibility index (Phi) is 5.90.